The van der Waals surface area contributed by atoms with Crippen LogP contribution in [0.25, 0.3) is 0 Å². The Morgan fingerprint density at radius 1 is 1.17 bits per heavy atom. The van der Waals surface area contributed by atoms with Crippen LogP contribution >= 0.6 is 11.6 Å². The van der Waals surface area contributed by atoms with Crippen LogP contribution in [0.4, 0.5) is 0 Å². The second-order valence-electron chi connectivity index (χ2n) is 2.34. The second-order valence-corrected chi connectivity index (χ2v) is 2.95. The number of benzene rings is 1. The van der Waals surface area contributed by atoms with E-state index in [1.807, 2.05) is 24.3 Å². The first-order valence-corrected chi connectivity index (χ1v) is 4.11. The van der Waals surface area contributed by atoms with Gasteiger partial charge in [-0.2, -0.15) is 0 Å². The highest BCUT2D eigenvalue weighted by Crippen LogP contribution is 2.18. The summed E-state index contributed by atoms with van der Waals surface area (Å²) in [6, 6.07) is 7.29. The Labute approximate surface area is 77.1 Å². The molecular weight excluding hydrogens is 176 g/mol. The number of ether oxygens (including phenoxy) is 2. The Kier molecular flexibility index (Phi) is 3.23. The van der Waals surface area contributed by atoms with Crippen LogP contribution in [0.15, 0.2) is 24.3 Å². The molecule has 0 radical (unpaired) electrons. The number of alkyl halides is 1. The lowest BCUT2D eigenvalue weighted by molar-refractivity contribution is 0.300. The van der Waals surface area contributed by atoms with E-state index in [1.54, 1.807) is 14.0 Å². The van der Waals surface area contributed by atoms with E-state index in [0.29, 0.717) is 0 Å². The molecule has 1 aromatic rings. The number of halogens is 1. The van der Waals surface area contributed by atoms with Crippen LogP contribution in [0.1, 0.15) is 6.92 Å². The normalized spacial score (nSPS) is 12.2. The molecule has 0 N–H and O–H groups in total. The van der Waals surface area contributed by atoms with Crippen molar-refractivity contribution in [2.45, 2.75) is 12.5 Å². The van der Waals surface area contributed by atoms with Crippen molar-refractivity contribution in [2.24, 2.45) is 0 Å². The average molecular weight is 187 g/mol. The fourth-order valence-electron chi connectivity index (χ4n) is 0.842. The fraction of sp³-hybridized carbons (Fsp3) is 0.333. The molecule has 0 aromatic heterocycles. The van der Waals surface area contributed by atoms with Crippen molar-refractivity contribution in [1.82, 2.24) is 0 Å². The summed E-state index contributed by atoms with van der Waals surface area (Å²) in [6.07, 6.45) is 0. The molecule has 1 aromatic carbocycles. The summed E-state index contributed by atoms with van der Waals surface area (Å²) < 4.78 is 10.2. The molecule has 0 spiro atoms. The average Bonchev–Trinajstić information content (AvgIpc) is 2.05. The van der Waals surface area contributed by atoms with Gasteiger partial charge < -0.3 is 9.47 Å². The molecule has 0 amide bonds. The minimum absolute atomic E-state index is 0.307. The van der Waals surface area contributed by atoms with Crippen LogP contribution in [0, 0.1) is 0 Å². The number of methoxy groups -OCH3 is 1. The maximum absolute atomic E-state index is 5.63. The maximum Gasteiger partial charge on any atom is 0.169 e. The summed E-state index contributed by atoms with van der Waals surface area (Å²) in [5.41, 5.74) is -0.307. The van der Waals surface area contributed by atoms with Crippen LogP contribution in [-0.4, -0.2) is 12.7 Å². The van der Waals surface area contributed by atoms with Crippen molar-refractivity contribution in [3.05, 3.63) is 24.3 Å². The third kappa shape index (κ3) is 2.62. The Hall–Kier alpha value is -0.890. The SMILES string of the molecule is COc1ccc(OC(C)Cl)cc1. The first-order valence-electron chi connectivity index (χ1n) is 3.67. The molecule has 0 aliphatic heterocycles. The highest BCUT2D eigenvalue weighted by molar-refractivity contribution is 6.19. The predicted octanol–water partition coefficient (Wildman–Crippen LogP) is 2.66. The van der Waals surface area contributed by atoms with E-state index >= 15 is 0 Å². The smallest absolute Gasteiger partial charge is 0.169 e. The zero-order valence-electron chi connectivity index (χ0n) is 7.08. The lowest BCUT2D eigenvalue weighted by Gasteiger charge is -2.07. The molecule has 2 nitrogen and oxygen atoms in total. The molecule has 0 saturated heterocycles. The van der Waals surface area contributed by atoms with Gasteiger partial charge in [-0.25, -0.2) is 0 Å². The highest BCUT2D eigenvalue weighted by Gasteiger charge is 1.98. The van der Waals surface area contributed by atoms with Gasteiger partial charge >= 0.3 is 0 Å². The molecule has 0 saturated carbocycles. The van der Waals surface area contributed by atoms with Crippen molar-refractivity contribution >= 4 is 11.6 Å². The molecular formula is C9H11ClO2. The summed E-state index contributed by atoms with van der Waals surface area (Å²) in [7, 11) is 1.63. The number of hydrogen-bond donors (Lipinski definition) is 0. The van der Waals surface area contributed by atoms with E-state index in [1.165, 1.54) is 0 Å². The molecule has 1 unspecified atom stereocenters. The van der Waals surface area contributed by atoms with Gasteiger partial charge in [-0.1, -0.05) is 11.6 Å². The molecule has 0 aliphatic carbocycles. The minimum Gasteiger partial charge on any atom is -0.497 e. The molecule has 0 bridgehead atoms. The van der Waals surface area contributed by atoms with Crippen molar-refractivity contribution in [2.75, 3.05) is 7.11 Å². The van der Waals surface area contributed by atoms with E-state index in [9.17, 15) is 0 Å². The zero-order valence-corrected chi connectivity index (χ0v) is 7.84. The van der Waals surface area contributed by atoms with E-state index in [0.717, 1.165) is 11.5 Å². The standard InChI is InChI=1S/C9H11ClO2/c1-7(10)12-9-5-3-8(11-2)4-6-9/h3-7H,1-2H3. The van der Waals surface area contributed by atoms with E-state index in [2.05, 4.69) is 0 Å². The fourth-order valence-corrected chi connectivity index (χ4v) is 0.945. The summed E-state index contributed by atoms with van der Waals surface area (Å²) in [6.45, 7) is 1.77. The summed E-state index contributed by atoms with van der Waals surface area (Å²) in [5.74, 6) is 1.56. The summed E-state index contributed by atoms with van der Waals surface area (Å²) in [4.78, 5) is 0. The van der Waals surface area contributed by atoms with Crippen molar-refractivity contribution in [3.8, 4) is 11.5 Å². The first-order chi connectivity index (χ1) is 5.72. The van der Waals surface area contributed by atoms with Crippen molar-refractivity contribution in [1.29, 1.82) is 0 Å². The molecule has 0 aliphatic rings. The second kappa shape index (κ2) is 4.21. The molecule has 1 atom stereocenters. The van der Waals surface area contributed by atoms with Gasteiger partial charge in [0, 0.05) is 0 Å². The van der Waals surface area contributed by atoms with Crippen LogP contribution in [0.3, 0.4) is 0 Å². The van der Waals surface area contributed by atoms with Gasteiger partial charge in [0.15, 0.2) is 5.56 Å². The Balaban J connectivity index is 2.65. The third-order valence-electron chi connectivity index (χ3n) is 1.36. The van der Waals surface area contributed by atoms with Gasteiger partial charge in [0.2, 0.25) is 0 Å². The molecule has 0 fully saturated rings. The largest absolute Gasteiger partial charge is 0.497 e. The van der Waals surface area contributed by atoms with Gasteiger partial charge in [0.1, 0.15) is 11.5 Å². The quantitative estimate of drug-likeness (QED) is 0.676. The molecule has 0 heterocycles. The van der Waals surface area contributed by atoms with Gasteiger partial charge in [-0.3, -0.25) is 0 Å². The number of rotatable bonds is 3. The van der Waals surface area contributed by atoms with Crippen LogP contribution < -0.4 is 9.47 Å². The highest BCUT2D eigenvalue weighted by atomic mass is 35.5. The monoisotopic (exact) mass is 186 g/mol. The molecule has 66 valence electrons. The van der Waals surface area contributed by atoms with Crippen LogP contribution in [0.5, 0.6) is 11.5 Å². The maximum atomic E-state index is 5.63. The van der Waals surface area contributed by atoms with E-state index < -0.39 is 0 Å². The predicted molar refractivity (Wildman–Crippen MR) is 48.9 cm³/mol. The van der Waals surface area contributed by atoms with Crippen LogP contribution in [-0.2, 0) is 0 Å². The van der Waals surface area contributed by atoms with Gasteiger partial charge in [-0.05, 0) is 31.2 Å². The van der Waals surface area contributed by atoms with Gasteiger partial charge in [0.05, 0.1) is 7.11 Å². The Bertz CT molecular complexity index is 231. The van der Waals surface area contributed by atoms with E-state index in [4.69, 9.17) is 21.1 Å². The molecule has 12 heavy (non-hydrogen) atoms. The lowest BCUT2D eigenvalue weighted by Crippen LogP contribution is -2.01. The van der Waals surface area contributed by atoms with Gasteiger partial charge in [-0.15, -0.1) is 0 Å². The Morgan fingerprint density at radius 2 is 1.67 bits per heavy atom. The third-order valence-corrected chi connectivity index (χ3v) is 1.45. The first kappa shape index (κ1) is 9.20. The lowest BCUT2D eigenvalue weighted by atomic mass is 10.3. The summed E-state index contributed by atoms with van der Waals surface area (Å²) in [5, 5.41) is 0. The van der Waals surface area contributed by atoms with Gasteiger partial charge in [0.25, 0.3) is 0 Å². The Morgan fingerprint density at radius 3 is 2.08 bits per heavy atom. The van der Waals surface area contributed by atoms with E-state index in [-0.39, 0.29) is 5.56 Å². The summed E-state index contributed by atoms with van der Waals surface area (Å²) >= 11 is 5.63. The van der Waals surface area contributed by atoms with Crippen molar-refractivity contribution in [3.63, 3.8) is 0 Å². The minimum atomic E-state index is -0.307. The topological polar surface area (TPSA) is 18.5 Å². The molecule has 3 heteroatoms. The molecule has 1 rings (SSSR count). The van der Waals surface area contributed by atoms with Crippen LogP contribution in [0.2, 0.25) is 0 Å². The van der Waals surface area contributed by atoms with Crippen molar-refractivity contribution < 1.29 is 9.47 Å². The zero-order chi connectivity index (χ0) is 8.97. The number of hydrogen-bond acceptors (Lipinski definition) is 2.